The normalized spacial score (nSPS) is 10.5. The molecule has 0 bridgehead atoms. The van der Waals surface area contributed by atoms with E-state index in [1.54, 1.807) is 30.3 Å². The van der Waals surface area contributed by atoms with Crippen LogP contribution in [-0.2, 0) is 11.2 Å². The molecule has 3 aromatic rings. The zero-order valence-electron chi connectivity index (χ0n) is 13.4. The van der Waals surface area contributed by atoms with Gasteiger partial charge >= 0.3 is 5.97 Å². The fourth-order valence-electron chi connectivity index (χ4n) is 2.53. The standard InChI is InChI=1S/C20H14Br2O4/c21-16-8-12(10-19(24)25)9-17(22)20(16)26-14-6-7-18(23)15(11-14)13-4-2-1-3-5-13/h1-9,11,23H,10H2,(H,24,25). The van der Waals surface area contributed by atoms with Crippen molar-refractivity contribution in [1.82, 2.24) is 0 Å². The summed E-state index contributed by atoms with van der Waals surface area (Å²) in [6.45, 7) is 0. The number of carbonyl (C=O) groups is 1. The van der Waals surface area contributed by atoms with Gasteiger partial charge in [0, 0.05) is 5.56 Å². The molecule has 0 fully saturated rings. The largest absolute Gasteiger partial charge is 0.507 e. The van der Waals surface area contributed by atoms with Crippen LogP contribution in [0.5, 0.6) is 17.2 Å². The van der Waals surface area contributed by atoms with E-state index >= 15 is 0 Å². The SMILES string of the molecule is O=C(O)Cc1cc(Br)c(Oc2ccc(O)c(-c3ccccc3)c2)c(Br)c1. The van der Waals surface area contributed by atoms with Gasteiger partial charge in [0.15, 0.2) is 5.75 Å². The molecule has 0 radical (unpaired) electrons. The molecular weight excluding hydrogens is 464 g/mol. The van der Waals surface area contributed by atoms with Crippen molar-refractivity contribution < 1.29 is 19.7 Å². The second-order valence-corrected chi connectivity index (χ2v) is 7.31. The molecule has 0 unspecified atom stereocenters. The highest BCUT2D eigenvalue weighted by molar-refractivity contribution is 9.11. The van der Waals surface area contributed by atoms with Crippen LogP contribution in [0.25, 0.3) is 11.1 Å². The van der Waals surface area contributed by atoms with Gasteiger partial charge in [-0.15, -0.1) is 0 Å². The molecule has 26 heavy (non-hydrogen) atoms. The first-order valence-electron chi connectivity index (χ1n) is 7.70. The Balaban J connectivity index is 1.94. The first-order valence-corrected chi connectivity index (χ1v) is 9.28. The van der Waals surface area contributed by atoms with Gasteiger partial charge < -0.3 is 14.9 Å². The number of aliphatic carboxylic acids is 1. The number of halogens is 2. The Morgan fingerprint density at radius 2 is 1.62 bits per heavy atom. The van der Waals surface area contributed by atoms with E-state index in [1.165, 1.54) is 0 Å². The lowest BCUT2D eigenvalue weighted by atomic mass is 10.0. The molecule has 0 saturated carbocycles. The highest BCUT2D eigenvalue weighted by Crippen LogP contribution is 2.40. The molecule has 132 valence electrons. The lowest BCUT2D eigenvalue weighted by Crippen LogP contribution is -2.00. The Labute approximate surface area is 167 Å². The third-order valence-corrected chi connectivity index (χ3v) is 4.86. The van der Waals surface area contributed by atoms with Gasteiger partial charge in [0.05, 0.1) is 15.4 Å². The molecule has 0 spiro atoms. The minimum absolute atomic E-state index is 0.0746. The maximum absolute atomic E-state index is 10.9. The van der Waals surface area contributed by atoms with Crippen LogP contribution < -0.4 is 4.74 Å². The zero-order valence-corrected chi connectivity index (χ0v) is 16.6. The topological polar surface area (TPSA) is 66.8 Å². The minimum Gasteiger partial charge on any atom is -0.507 e. The monoisotopic (exact) mass is 476 g/mol. The van der Waals surface area contributed by atoms with Gasteiger partial charge in [-0.2, -0.15) is 0 Å². The van der Waals surface area contributed by atoms with Gasteiger partial charge in [-0.3, -0.25) is 4.79 Å². The maximum Gasteiger partial charge on any atom is 0.307 e. The van der Waals surface area contributed by atoms with Crippen molar-refractivity contribution in [3.63, 3.8) is 0 Å². The molecule has 0 saturated heterocycles. The molecule has 6 heteroatoms. The summed E-state index contributed by atoms with van der Waals surface area (Å²) < 4.78 is 7.24. The number of phenols is 1. The van der Waals surface area contributed by atoms with Crippen LogP contribution in [-0.4, -0.2) is 16.2 Å². The highest BCUT2D eigenvalue weighted by Gasteiger charge is 2.13. The molecule has 2 N–H and O–H groups in total. The minimum atomic E-state index is -0.900. The summed E-state index contributed by atoms with van der Waals surface area (Å²) in [5.74, 6) is 0.347. The molecule has 0 aliphatic rings. The number of rotatable bonds is 5. The van der Waals surface area contributed by atoms with Gasteiger partial charge in [0.25, 0.3) is 0 Å². The molecule has 0 aliphatic carbocycles. The lowest BCUT2D eigenvalue weighted by molar-refractivity contribution is -0.136. The molecular formula is C20H14Br2O4. The molecule has 0 amide bonds. The summed E-state index contributed by atoms with van der Waals surface area (Å²) in [4.78, 5) is 10.9. The molecule has 0 aliphatic heterocycles. The predicted molar refractivity (Wildman–Crippen MR) is 107 cm³/mol. The van der Waals surface area contributed by atoms with E-state index in [1.807, 2.05) is 30.3 Å². The van der Waals surface area contributed by atoms with Crippen molar-refractivity contribution in [2.75, 3.05) is 0 Å². The van der Waals surface area contributed by atoms with Crippen molar-refractivity contribution in [1.29, 1.82) is 0 Å². The predicted octanol–water partition coefficient (Wildman–Crippen LogP) is 6.00. The van der Waals surface area contributed by atoms with E-state index in [9.17, 15) is 9.90 Å². The molecule has 3 aromatic carbocycles. The third kappa shape index (κ3) is 4.26. The van der Waals surface area contributed by atoms with Gasteiger partial charge in [-0.25, -0.2) is 0 Å². The highest BCUT2D eigenvalue weighted by atomic mass is 79.9. The lowest BCUT2D eigenvalue weighted by Gasteiger charge is -2.13. The van der Waals surface area contributed by atoms with Crippen LogP contribution in [0, 0.1) is 0 Å². The van der Waals surface area contributed by atoms with E-state index in [2.05, 4.69) is 31.9 Å². The Kier molecular flexibility index (Phi) is 5.64. The van der Waals surface area contributed by atoms with Crippen LogP contribution >= 0.6 is 31.9 Å². The van der Waals surface area contributed by atoms with Crippen molar-refractivity contribution in [2.24, 2.45) is 0 Å². The summed E-state index contributed by atoms with van der Waals surface area (Å²) in [5.41, 5.74) is 2.20. The summed E-state index contributed by atoms with van der Waals surface area (Å²) in [7, 11) is 0. The summed E-state index contributed by atoms with van der Waals surface area (Å²) in [5, 5.41) is 19.1. The zero-order chi connectivity index (χ0) is 18.7. The van der Waals surface area contributed by atoms with Crippen molar-refractivity contribution in [3.8, 4) is 28.4 Å². The van der Waals surface area contributed by atoms with E-state index in [0.29, 0.717) is 31.6 Å². The van der Waals surface area contributed by atoms with Crippen molar-refractivity contribution >= 4 is 37.8 Å². The Morgan fingerprint density at radius 3 is 2.23 bits per heavy atom. The van der Waals surface area contributed by atoms with Crippen LogP contribution in [0.4, 0.5) is 0 Å². The average Bonchev–Trinajstić information content (AvgIpc) is 2.59. The number of hydrogen-bond acceptors (Lipinski definition) is 3. The second-order valence-electron chi connectivity index (χ2n) is 5.61. The number of phenolic OH excluding ortho intramolecular Hbond substituents is 1. The third-order valence-electron chi connectivity index (χ3n) is 3.69. The van der Waals surface area contributed by atoms with Crippen LogP contribution in [0.1, 0.15) is 5.56 Å². The first-order chi connectivity index (χ1) is 12.4. The van der Waals surface area contributed by atoms with Crippen LogP contribution in [0.15, 0.2) is 69.6 Å². The summed E-state index contributed by atoms with van der Waals surface area (Å²) in [6, 6.07) is 18.0. The molecule has 0 heterocycles. The van der Waals surface area contributed by atoms with Crippen molar-refractivity contribution in [2.45, 2.75) is 6.42 Å². The van der Waals surface area contributed by atoms with Gasteiger partial charge in [0.2, 0.25) is 0 Å². The quantitative estimate of drug-likeness (QED) is 0.472. The summed E-state index contributed by atoms with van der Waals surface area (Å²) >= 11 is 6.85. The molecule has 3 rings (SSSR count). The van der Waals surface area contributed by atoms with E-state index < -0.39 is 5.97 Å². The molecule has 4 nitrogen and oxygen atoms in total. The van der Waals surface area contributed by atoms with Crippen molar-refractivity contribution in [3.05, 3.63) is 75.2 Å². The number of ether oxygens (including phenoxy) is 1. The summed E-state index contributed by atoms with van der Waals surface area (Å²) in [6.07, 6.45) is -0.0746. The van der Waals surface area contributed by atoms with E-state index in [0.717, 1.165) is 5.56 Å². The Hall–Kier alpha value is -2.31. The fourth-order valence-corrected chi connectivity index (χ4v) is 3.98. The number of aromatic hydroxyl groups is 1. The van der Waals surface area contributed by atoms with Crippen LogP contribution in [0.2, 0.25) is 0 Å². The van der Waals surface area contributed by atoms with E-state index in [4.69, 9.17) is 9.84 Å². The second kappa shape index (κ2) is 7.93. The number of carboxylic acids is 1. The fraction of sp³-hybridized carbons (Fsp3) is 0.0500. The van der Waals surface area contributed by atoms with Crippen LogP contribution in [0.3, 0.4) is 0 Å². The molecule has 0 atom stereocenters. The Morgan fingerprint density at radius 1 is 0.962 bits per heavy atom. The smallest absolute Gasteiger partial charge is 0.307 e. The number of benzene rings is 3. The van der Waals surface area contributed by atoms with Gasteiger partial charge in [-0.1, -0.05) is 30.3 Å². The van der Waals surface area contributed by atoms with E-state index in [-0.39, 0.29) is 12.2 Å². The Bertz CT molecular complexity index is 932. The average molecular weight is 478 g/mol. The molecule has 0 aromatic heterocycles. The van der Waals surface area contributed by atoms with Gasteiger partial charge in [0.1, 0.15) is 11.5 Å². The number of carboxylic acid groups (broad SMARTS) is 1. The maximum atomic E-state index is 10.9. The first kappa shape index (κ1) is 18.5. The van der Waals surface area contributed by atoms with Gasteiger partial charge in [-0.05, 0) is 73.3 Å². The number of hydrogen-bond donors (Lipinski definition) is 2.